The predicted octanol–water partition coefficient (Wildman–Crippen LogP) is 3.87. The van der Waals surface area contributed by atoms with Crippen LogP contribution in [-0.2, 0) is 10.0 Å². The van der Waals surface area contributed by atoms with Crippen LogP contribution < -0.4 is 10.5 Å². The third-order valence-corrected chi connectivity index (χ3v) is 5.74. The molecule has 1 aromatic rings. The molecular formula is C15H23BrN2O2S. The molecule has 118 valence electrons. The third-order valence-electron chi connectivity index (χ3n) is 4.17. The van der Waals surface area contributed by atoms with Gasteiger partial charge in [0.05, 0.1) is 4.90 Å². The number of anilines is 1. The molecule has 21 heavy (non-hydrogen) atoms. The first-order valence-corrected chi connectivity index (χ1v) is 9.83. The SMILES string of the molecule is CCCC1CCC(Nc2ccc(S(N)(=O)=O)cc2Br)CC1. The van der Waals surface area contributed by atoms with Crippen molar-refractivity contribution in [1.29, 1.82) is 0 Å². The fraction of sp³-hybridized carbons (Fsp3) is 0.600. The first kappa shape index (κ1) is 16.8. The van der Waals surface area contributed by atoms with Crippen molar-refractivity contribution in [3.8, 4) is 0 Å². The van der Waals surface area contributed by atoms with E-state index in [9.17, 15) is 8.42 Å². The van der Waals surface area contributed by atoms with Crippen LogP contribution in [0.2, 0.25) is 0 Å². The highest BCUT2D eigenvalue weighted by Gasteiger charge is 2.21. The topological polar surface area (TPSA) is 72.2 Å². The molecular weight excluding hydrogens is 352 g/mol. The van der Waals surface area contributed by atoms with E-state index in [0.29, 0.717) is 6.04 Å². The molecule has 1 aliphatic rings. The summed E-state index contributed by atoms with van der Waals surface area (Å²) in [5, 5.41) is 8.64. The third kappa shape index (κ3) is 4.69. The lowest BCUT2D eigenvalue weighted by molar-refractivity contribution is 0.319. The van der Waals surface area contributed by atoms with Gasteiger partial charge in [0.2, 0.25) is 10.0 Å². The van der Waals surface area contributed by atoms with Crippen LogP contribution in [0, 0.1) is 5.92 Å². The summed E-state index contributed by atoms with van der Waals surface area (Å²) in [7, 11) is -3.65. The van der Waals surface area contributed by atoms with Crippen LogP contribution in [0.3, 0.4) is 0 Å². The first-order valence-electron chi connectivity index (χ1n) is 7.49. The van der Waals surface area contributed by atoms with Gasteiger partial charge in [-0.15, -0.1) is 0 Å². The molecule has 1 fully saturated rings. The van der Waals surface area contributed by atoms with Crippen molar-refractivity contribution in [2.75, 3.05) is 5.32 Å². The fourth-order valence-electron chi connectivity index (χ4n) is 3.01. The molecule has 0 amide bonds. The lowest BCUT2D eigenvalue weighted by Gasteiger charge is -2.30. The molecule has 0 aliphatic heterocycles. The molecule has 0 heterocycles. The Morgan fingerprint density at radius 1 is 1.29 bits per heavy atom. The molecule has 4 nitrogen and oxygen atoms in total. The van der Waals surface area contributed by atoms with E-state index in [1.165, 1.54) is 38.5 Å². The molecule has 1 aromatic carbocycles. The van der Waals surface area contributed by atoms with Gasteiger partial charge in [-0.1, -0.05) is 19.8 Å². The molecule has 0 bridgehead atoms. The largest absolute Gasteiger partial charge is 0.381 e. The number of nitrogens with one attached hydrogen (secondary N) is 1. The van der Waals surface area contributed by atoms with E-state index in [2.05, 4.69) is 28.2 Å². The van der Waals surface area contributed by atoms with E-state index in [1.807, 2.05) is 0 Å². The first-order chi connectivity index (χ1) is 9.90. The molecule has 0 radical (unpaired) electrons. The highest BCUT2D eigenvalue weighted by Crippen LogP contribution is 2.32. The molecule has 0 saturated heterocycles. The Labute approximate surface area is 135 Å². The summed E-state index contributed by atoms with van der Waals surface area (Å²) in [6, 6.07) is 5.35. The van der Waals surface area contributed by atoms with Gasteiger partial charge in [-0.25, -0.2) is 13.6 Å². The summed E-state index contributed by atoms with van der Waals surface area (Å²) >= 11 is 3.42. The summed E-state index contributed by atoms with van der Waals surface area (Å²) < 4.78 is 23.4. The van der Waals surface area contributed by atoms with Gasteiger partial charge in [-0.3, -0.25) is 0 Å². The zero-order valence-corrected chi connectivity index (χ0v) is 14.7. The summed E-state index contributed by atoms with van der Waals surface area (Å²) in [5.41, 5.74) is 0.932. The minimum absolute atomic E-state index is 0.131. The van der Waals surface area contributed by atoms with Gasteiger partial charge >= 0.3 is 0 Å². The van der Waals surface area contributed by atoms with Crippen molar-refractivity contribution < 1.29 is 8.42 Å². The number of hydrogen-bond acceptors (Lipinski definition) is 3. The number of hydrogen-bond donors (Lipinski definition) is 2. The predicted molar refractivity (Wildman–Crippen MR) is 89.8 cm³/mol. The maximum atomic E-state index is 11.3. The van der Waals surface area contributed by atoms with Crippen LogP contribution >= 0.6 is 15.9 Å². The monoisotopic (exact) mass is 374 g/mol. The highest BCUT2D eigenvalue weighted by atomic mass is 79.9. The Kier molecular flexibility index (Phi) is 5.68. The molecule has 6 heteroatoms. The highest BCUT2D eigenvalue weighted by molar-refractivity contribution is 9.10. The maximum absolute atomic E-state index is 11.3. The molecule has 1 saturated carbocycles. The van der Waals surface area contributed by atoms with Gasteiger partial charge in [-0.05, 0) is 65.7 Å². The quantitative estimate of drug-likeness (QED) is 0.821. The van der Waals surface area contributed by atoms with Crippen LogP contribution in [0.5, 0.6) is 0 Å². The molecule has 2 rings (SSSR count). The van der Waals surface area contributed by atoms with Crippen molar-refractivity contribution in [2.24, 2.45) is 11.1 Å². The normalized spacial score (nSPS) is 23.0. The van der Waals surface area contributed by atoms with Crippen molar-refractivity contribution in [3.63, 3.8) is 0 Å². The van der Waals surface area contributed by atoms with E-state index < -0.39 is 10.0 Å². The van der Waals surface area contributed by atoms with Crippen LogP contribution in [0.25, 0.3) is 0 Å². The van der Waals surface area contributed by atoms with Gasteiger partial charge in [-0.2, -0.15) is 0 Å². The maximum Gasteiger partial charge on any atom is 0.238 e. The summed E-state index contributed by atoms with van der Waals surface area (Å²) in [6.07, 6.45) is 7.50. The Morgan fingerprint density at radius 3 is 2.48 bits per heavy atom. The molecule has 3 N–H and O–H groups in total. The van der Waals surface area contributed by atoms with Gasteiger partial charge < -0.3 is 5.32 Å². The lowest BCUT2D eigenvalue weighted by atomic mass is 9.83. The molecule has 0 spiro atoms. The van der Waals surface area contributed by atoms with Crippen molar-refractivity contribution in [2.45, 2.75) is 56.4 Å². The summed E-state index contributed by atoms with van der Waals surface area (Å²) in [6.45, 7) is 2.24. The van der Waals surface area contributed by atoms with E-state index in [1.54, 1.807) is 18.2 Å². The average Bonchev–Trinajstić information content (AvgIpc) is 2.42. The summed E-state index contributed by atoms with van der Waals surface area (Å²) in [5.74, 6) is 0.876. The second-order valence-corrected chi connectivity index (χ2v) is 8.25. The van der Waals surface area contributed by atoms with Crippen molar-refractivity contribution >= 4 is 31.6 Å². The second kappa shape index (κ2) is 7.11. The molecule has 0 aromatic heterocycles. The van der Waals surface area contributed by atoms with Crippen LogP contribution in [0.1, 0.15) is 45.4 Å². The lowest BCUT2D eigenvalue weighted by Crippen LogP contribution is -2.26. The zero-order chi connectivity index (χ0) is 15.5. The Morgan fingerprint density at radius 2 is 1.95 bits per heavy atom. The minimum atomic E-state index is -3.65. The Balaban J connectivity index is 1.98. The zero-order valence-electron chi connectivity index (χ0n) is 12.3. The van der Waals surface area contributed by atoms with E-state index >= 15 is 0 Å². The van der Waals surface area contributed by atoms with Gasteiger partial charge in [0, 0.05) is 16.2 Å². The Hall–Kier alpha value is -0.590. The van der Waals surface area contributed by atoms with E-state index in [4.69, 9.17) is 5.14 Å². The number of halogens is 1. The van der Waals surface area contributed by atoms with Crippen molar-refractivity contribution in [1.82, 2.24) is 0 Å². The van der Waals surface area contributed by atoms with Crippen molar-refractivity contribution in [3.05, 3.63) is 22.7 Å². The van der Waals surface area contributed by atoms with Gasteiger partial charge in [0.15, 0.2) is 0 Å². The summed E-state index contributed by atoms with van der Waals surface area (Å²) in [4.78, 5) is 0.131. The average molecular weight is 375 g/mol. The number of primary sulfonamides is 1. The standard InChI is InChI=1S/C15H23BrN2O2S/c1-2-3-11-4-6-12(7-5-11)18-15-9-8-13(10-14(15)16)21(17,19)20/h8-12,18H,2-7H2,1H3,(H2,17,19,20). The number of sulfonamides is 1. The number of benzene rings is 1. The van der Waals surface area contributed by atoms with Crippen LogP contribution in [0.4, 0.5) is 5.69 Å². The minimum Gasteiger partial charge on any atom is -0.381 e. The fourth-order valence-corrected chi connectivity index (χ4v) is 4.20. The van der Waals surface area contributed by atoms with Crippen LogP contribution in [-0.4, -0.2) is 14.5 Å². The van der Waals surface area contributed by atoms with E-state index in [-0.39, 0.29) is 4.90 Å². The smallest absolute Gasteiger partial charge is 0.238 e. The van der Waals surface area contributed by atoms with Crippen LogP contribution in [0.15, 0.2) is 27.6 Å². The molecule has 1 aliphatic carbocycles. The van der Waals surface area contributed by atoms with E-state index in [0.717, 1.165) is 16.1 Å². The second-order valence-electron chi connectivity index (χ2n) is 5.84. The van der Waals surface area contributed by atoms with Gasteiger partial charge in [0.1, 0.15) is 0 Å². The number of rotatable bonds is 5. The Bertz CT molecular complexity index is 581. The molecule has 0 unspecified atom stereocenters. The number of nitrogens with two attached hydrogens (primary N) is 1. The molecule has 0 atom stereocenters. The van der Waals surface area contributed by atoms with Gasteiger partial charge in [0.25, 0.3) is 0 Å².